The highest BCUT2D eigenvalue weighted by Crippen LogP contribution is 2.08. The highest BCUT2D eigenvalue weighted by atomic mass is 16.5. The molecule has 4 nitrogen and oxygen atoms in total. The molecule has 4 heteroatoms. The molecule has 0 aliphatic heterocycles. The molecule has 0 aromatic rings. The normalized spacial score (nSPS) is 12.3. The molecule has 0 saturated heterocycles. The van der Waals surface area contributed by atoms with Crippen molar-refractivity contribution in [2.24, 2.45) is 5.92 Å². The molecule has 19 heavy (non-hydrogen) atoms. The van der Waals surface area contributed by atoms with Gasteiger partial charge in [0.1, 0.15) is 6.04 Å². The van der Waals surface area contributed by atoms with E-state index < -0.39 is 6.04 Å². The molecule has 0 heterocycles. The highest BCUT2D eigenvalue weighted by Gasteiger charge is 2.22. The summed E-state index contributed by atoms with van der Waals surface area (Å²) in [4.78, 5) is 23.5. The Bertz CT molecular complexity index is 264. The molecule has 0 rings (SSSR count). The largest absolute Gasteiger partial charge is 0.464 e. The van der Waals surface area contributed by atoms with Gasteiger partial charge in [0.2, 0.25) is 5.91 Å². The number of carbonyl (C=O) groups excluding carboxylic acids is 2. The minimum atomic E-state index is -0.501. The number of esters is 1. The molecule has 0 aliphatic carbocycles. The fraction of sp³-hybridized carbons (Fsp3) is 0.867. The van der Waals surface area contributed by atoms with Crippen molar-refractivity contribution in [2.45, 2.75) is 72.3 Å². The van der Waals surface area contributed by atoms with E-state index in [-0.39, 0.29) is 11.9 Å². The Morgan fingerprint density at radius 1 is 1.11 bits per heavy atom. The van der Waals surface area contributed by atoms with Crippen LogP contribution < -0.4 is 5.32 Å². The summed E-state index contributed by atoms with van der Waals surface area (Å²) >= 11 is 0. The zero-order valence-electron chi connectivity index (χ0n) is 12.8. The van der Waals surface area contributed by atoms with Gasteiger partial charge in [0, 0.05) is 6.42 Å². The van der Waals surface area contributed by atoms with Crippen LogP contribution in [0.4, 0.5) is 0 Å². The van der Waals surface area contributed by atoms with Crippen LogP contribution in [0.1, 0.15) is 66.2 Å². The van der Waals surface area contributed by atoms with E-state index in [0.717, 1.165) is 25.7 Å². The number of unbranched alkanes of at least 4 members (excludes halogenated alkanes) is 3. The minimum absolute atomic E-state index is 0.0465. The topological polar surface area (TPSA) is 55.4 Å². The Balaban J connectivity index is 4.15. The van der Waals surface area contributed by atoms with Crippen LogP contribution >= 0.6 is 0 Å². The van der Waals surface area contributed by atoms with Crippen molar-refractivity contribution < 1.29 is 14.3 Å². The first-order chi connectivity index (χ1) is 9.01. The molecule has 0 unspecified atom stereocenters. The van der Waals surface area contributed by atoms with E-state index >= 15 is 0 Å². The lowest BCUT2D eigenvalue weighted by atomic mass is 10.0. The average molecular weight is 271 g/mol. The maximum atomic E-state index is 11.8. The monoisotopic (exact) mass is 271 g/mol. The molecule has 1 amide bonds. The van der Waals surface area contributed by atoms with E-state index in [1.165, 1.54) is 0 Å². The molecule has 0 bridgehead atoms. The second kappa shape index (κ2) is 10.8. The van der Waals surface area contributed by atoms with Gasteiger partial charge < -0.3 is 10.1 Å². The van der Waals surface area contributed by atoms with E-state index in [0.29, 0.717) is 25.4 Å². The van der Waals surface area contributed by atoms with Gasteiger partial charge in [-0.2, -0.15) is 0 Å². The first kappa shape index (κ1) is 17.9. The molecule has 0 aromatic heterocycles. The second-order valence-electron chi connectivity index (χ2n) is 5.31. The smallest absolute Gasteiger partial charge is 0.328 e. The number of rotatable bonds is 10. The predicted octanol–water partition coefficient (Wildman–Crippen LogP) is 3.05. The Hall–Kier alpha value is -1.06. The van der Waals surface area contributed by atoms with Crippen LogP contribution in [0.3, 0.4) is 0 Å². The average Bonchev–Trinajstić information content (AvgIpc) is 2.33. The molecule has 0 aromatic carbocycles. The molecule has 1 atom stereocenters. The summed E-state index contributed by atoms with van der Waals surface area (Å²) in [6, 6.07) is -0.501. The Kier molecular flexibility index (Phi) is 10.2. The molecule has 0 radical (unpaired) electrons. The maximum Gasteiger partial charge on any atom is 0.328 e. The third-order valence-corrected chi connectivity index (χ3v) is 2.87. The molecular formula is C15H29NO3. The summed E-state index contributed by atoms with van der Waals surface area (Å²) in [6.45, 7) is 8.31. The zero-order chi connectivity index (χ0) is 14.7. The fourth-order valence-corrected chi connectivity index (χ4v) is 1.91. The van der Waals surface area contributed by atoms with Crippen molar-refractivity contribution >= 4 is 11.9 Å². The number of amides is 1. The van der Waals surface area contributed by atoms with Crippen molar-refractivity contribution in [3.63, 3.8) is 0 Å². The van der Waals surface area contributed by atoms with Crippen molar-refractivity contribution in [2.75, 3.05) is 6.61 Å². The fourth-order valence-electron chi connectivity index (χ4n) is 1.91. The molecule has 0 saturated carbocycles. The van der Waals surface area contributed by atoms with Gasteiger partial charge in [0.05, 0.1) is 6.61 Å². The van der Waals surface area contributed by atoms with Gasteiger partial charge in [-0.15, -0.1) is 0 Å². The molecule has 0 spiro atoms. The van der Waals surface area contributed by atoms with Crippen LogP contribution in [0.15, 0.2) is 0 Å². The summed E-state index contributed by atoms with van der Waals surface area (Å²) in [6.07, 6.45) is 5.38. The lowest BCUT2D eigenvalue weighted by Crippen LogP contribution is -2.42. The quantitative estimate of drug-likeness (QED) is 0.491. The molecule has 0 aliphatic rings. The highest BCUT2D eigenvalue weighted by molar-refractivity contribution is 5.84. The van der Waals surface area contributed by atoms with Crippen LogP contribution in [-0.2, 0) is 14.3 Å². The Morgan fingerprint density at radius 3 is 2.32 bits per heavy atom. The summed E-state index contributed by atoms with van der Waals surface area (Å²) < 4.78 is 5.00. The van der Waals surface area contributed by atoms with Crippen LogP contribution in [-0.4, -0.2) is 24.5 Å². The maximum absolute atomic E-state index is 11.8. The van der Waals surface area contributed by atoms with Crippen molar-refractivity contribution in [3.05, 3.63) is 0 Å². The van der Waals surface area contributed by atoms with Crippen molar-refractivity contribution in [3.8, 4) is 0 Å². The van der Waals surface area contributed by atoms with Crippen molar-refractivity contribution in [1.29, 1.82) is 0 Å². The lowest BCUT2D eigenvalue weighted by molar-refractivity contribution is -0.147. The van der Waals surface area contributed by atoms with Gasteiger partial charge in [0.25, 0.3) is 0 Å². The predicted molar refractivity (Wildman–Crippen MR) is 76.8 cm³/mol. The van der Waals surface area contributed by atoms with E-state index in [1.54, 1.807) is 6.92 Å². The number of carbonyl (C=O) groups is 2. The Labute approximate surface area is 117 Å². The van der Waals surface area contributed by atoms with E-state index in [2.05, 4.69) is 12.2 Å². The van der Waals surface area contributed by atoms with Crippen LogP contribution in [0, 0.1) is 5.92 Å². The van der Waals surface area contributed by atoms with Gasteiger partial charge in [-0.1, -0.05) is 40.0 Å². The standard InChI is InChI=1S/C15H29NO3/c1-5-7-8-9-10-14(17)16-13(11-12(3)4)15(18)19-6-2/h12-13H,5-11H2,1-4H3,(H,16,17)/t13-/m0/s1. The molecule has 112 valence electrons. The summed E-state index contributed by atoms with van der Waals surface area (Å²) in [7, 11) is 0. The van der Waals surface area contributed by atoms with Crippen LogP contribution in [0.25, 0.3) is 0 Å². The number of nitrogens with one attached hydrogen (secondary N) is 1. The van der Waals surface area contributed by atoms with Gasteiger partial charge in [0.15, 0.2) is 0 Å². The van der Waals surface area contributed by atoms with Crippen molar-refractivity contribution in [1.82, 2.24) is 5.32 Å². The molecule has 1 N–H and O–H groups in total. The van der Waals surface area contributed by atoms with Crippen LogP contribution in [0.2, 0.25) is 0 Å². The second-order valence-corrected chi connectivity index (χ2v) is 5.31. The van der Waals surface area contributed by atoms with Gasteiger partial charge in [-0.3, -0.25) is 4.79 Å². The molecule has 0 fully saturated rings. The first-order valence-corrected chi connectivity index (χ1v) is 7.47. The summed E-state index contributed by atoms with van der Waals surface area (Å²) in [5, 5.41) is 2.80. The van der Waals surface area contributed by atoms with E-state index in [4.69, 9.17) is 4.74 Å². The minimum Gasteiger partial charge on any atom is -0.464 e. The lowest BCUT2D eigenvalue weighted by Gasteiger charge is -2.19. The third-order valence-electron chi connectivity index (χ3n) is 2.87. The van der Waals surface area contributed by atoms with E-state index in [1.807, 2.05) is 13.8 Å². The number of hydrogen-bond donors (Lipinski definition) is 1. The van der Waals surface area contributed by atoms with Gasteiger partial charge in [-0.05, 0) is 25.7 Å². The van der Waals surface area contributed by atoms with Crippen LogP contribution in [0.5, 0.6) is 0 Å². The zero-order valence-corrected chi connectivity index (χ0v) is 12.8. The molecular weight excluding hydrogens is 242 g/mol. The first-order valence-electron chi connectivity index (χ1n) is 7.47. The van der Waals surface area contributed by atoms with Gasteiger partial charge >= 0.3 is 5.97 Å². The third kappa shape index (κ3) is 9.51. The summed E-state index contributed by atoms with van der Waals surface area (Å²) in [5.41, 5.74) is 0. The van der Waals surface area contributed by atoms with Gasteiger partial charge in [-0.25, -0.2) is 4.79 Å². The SMILES string of the molecule is CCCCCCC(=O)N[C@@H](CC(C)C)C(=O)OCC. The summed E-state index contributed by atoms with van der Waals surface area (Å²) in [5.74, 6) is -0.0253. The van der Waals surface area contributed by atoms with E-state index in [9.17, 15) is 9.59 Å². The number of ether oxygens (including phenoxy) is 1. The number of hydrogen-bond acceptors (Lipinski definition) is 3. The Morgan fingerprint density at radius 2 is 1.79 bits per heavy atom.